The molecule has 0 bridgehead atoms. The van der Waals surface area contributed by atoms with Gasteiger partial charge in [-0.05, 0) is 141 Å². The smallest absolute Gasteiger partial charge is 0.343 e. The number of rotatable bonds is 27. The normalized spacial score (nSPS) is 13.9. The molecule has 0 aromatic heterocycles. The van der Waals surface area contributed by atoms with Crippen molar-refractivity contribution in [2.75, 3.05) is 66.1 Å². The highest BCUT2D eigenvalue weighted by molar-refractivity contribution is 5.91. The van der Waals surface area contributed by atoms with E-state index in [1.54, 1.807) is 97.1 Å². The Morgan fingerprint density at radius 3 is 1.30 bits per heavy atom. The Morgan fingerprint density at radius 1 is 0.507 bits per heavy atom. The van der Waals surface area contributed by atoms with Crippen molar-refractivity contribution in [1.82, 2.24) is 0 Å². The van der Waals surface area contributed by atoms with E-state index in [0.29, 0.717) is 64.3 Å². The van der Waals surface area contributed by atoms with Crippen LogP contribution < -0.4 is 28.4 Å². The third kappa shape index (κ3) is 17.3. The van der Waals surface area contributed by atoms with E-state index in [9.17, 15) is 19.2 Å². The minimum absolute atomic E-state index is 0.101. The Balaban J connectivity index is 0.000000254. The predicted molar refractivity (Wildman–Crippen MR) is 250 cm³/mol. The highest BCUT2D eigenvalue weighted by Gasteiger charge is 2.38. The van der Waals surface area contributed by atoms with Crippen LogP contribution in [-0.4, -0.2) is 89.9 Å². The second-order valence-electron chi connectivity index (χ2n) is 16.2. The van der Waals surface area contributed by atoms with Gasteiger partial charge in [0.1, 0.15) is 60.9 Å². The zero-order chi connectivity index (χ0) is 47.7. The second-order valence-corrected chi connectivity index (χ2v) is 16.2. The number of hydrogen-bond acceptors (Lipinski definition) is 14. The van der Waals surface area contributed by atoms with Crippen molar-refractivity contribution < 1.29 is 66.5 Å². The van der Waals surface area contributed by atoms with Gasteiger partial charge >= 0.3 is 23.9 Å². The molecule has 4 aromatic carbocycles. The van der Waals surface area contributed by atoms with Crippen LogP contribution in [-0.2, 0) is 28.5 Å². The second kappa shape index (κ2) is 27.1. The van der Waals surface area contributed by atoms with Crippen LogP contribution in [0.15, 0.2) is 122 Å². The molecule has 1 saturated carbocycles. The quantitative estimate of drug-likeness (QED) is 0.0241. The molecule has 2 aliphatic rings. The highest BCUT2D eigenvalue weighted by atomic mass is 16.6. The molecule has 14 nitrogen and oxygen atoms in total. The van der Waals surface area contributed by atoms with Crippen molar-refractivity contribution in [2.24, 2.45) is 10.8 Å². The van der Waals surface area contributed by atoms with Gasteiger partial charge in [0.25, 0.3) is 0 Å². The van der Waals surface area contributed by atoms with Crippen LogP contribution in [0.2, 0.25) is 0 Å². The summed E-state index contributed by atoms with van der Waals surface area (Å²) >= 11 is 0. The molecule has 1 heterocycles. The molecule has 0 spiro atoms. The van der Waals surface area contributed by atoms with Crippen molar-refractivity contribution in [3.05, 3.63) is 133 Å². The maximum Gasteiger partial charge on any atom is 0.343 e. The fourth-order valence-electron chi connectivity index (χ4n) is 6.71. The summed E-state index contributed by atoms with van der Waals surface area (Å²) in [7, 11) is 0. The fraction of sp³-hybridized carbons (Fsp3) is 0.396. The van der Waals surface area contributed by atoms with Gasteiger partial charge in [0.2, 0.25) is 0 Å². The molecule has 6 rings (SSSR count). The Bertz CT molecular complexity index is 2150. The third-order valence-corrected chi connectivity index (χ3v) is 11.4. The first-order chi connectivity index (χ1) is 32.6. The van der Waals surface area contributed by atoms with Crippen molar-refractivity contribution >= 4 is 23.9 Å². The van der Waals surface area contributed by atoms with Crippen molar-refractivity contribution in [2.45, 2.75) is 58.8 Å². The molecule has 1 saturated heterocycles. The molecule has 14 heteroatoms. The largest absolute Gasteiger partial charge is 0.494 e. The zero-order valence-electron chi connectivity index (χ0n) is 38.5. The van der Waals surface area contributed by atoms with Crippen LogP contribution in [0.1, 0.15) is 79.5 Å². The molecule has 4 aromatic rings. The fourth-order valence-corrected chi connectivity index (χ4v) is 6.71. The van der Waals surface area contributed by atoms with Crippen LogP contribution in [0.5, 0.6) is 34.5 Å². The number of esters is 4. The average molecular weight is 923 g/mol. The summed E-state index contributed by atoms with van der Waals surface area (Å²) in [6.45, 7) is 16.0. The number of carbonyl (C=O) groups is 4. The van der Waals surface area contributed by atoms with E-state index >= 15 is 0 Å². The average Bonchev–Trinajstić information content (AvgIpc) is 3.33. The molecule has 1 aliphatic carbocycles. The highest BCUT2D eigenvalue weighted by Crippen LogP contribution is 2.44. The summed E-state index contributed by atoms with van der Waals surface area (Å²) < 4.78 is 54.2. The molecule has 2 fully saturated rings. The van der Waals surface area contributed by atoms with Crippen molar-refractivity contribution in [3.63, 3.8) is 0 Å². The first-order valence-electron chi connectivity index (χ1n) is 22.7. The number of carbonyl (C=O) groups excluding carboxylic acids is 4. The predicted octanol–water partition coefficient (Wildman–Crippen LogP) is 9.59. The molecular formula is C53H62O14. The Kier molecular flexibility index (Phi) is 20.8. The maximum atomic E-state index is 12.4. The van der Waals surface area contributed by atoms with Crippen LogP contribution in [0, 0.1) is 10.8 Å². The van der Waals surface area contributed by atoms with Gasteiger partial charge in [-0.25, -0.2) is 19.2 Å². The molecule has 0 amide bonds. The molecule has 0 N–H and O–H groups in total. The van der Waals surface area contributed by atoms with E-state index in [4.69, 9.17) is 47.4 Å². The Labute approximate surface area is 393 Å². The van der Waals surface area contributed by atoms with Gasteiger partial charge in [-0.3, -0.25) is 0 Å². The van der Waals surface area contributed by atoms with Gasteiger partial charge in [-0.1, -0.05) is 33.4 Å². The first kappa shape index (κ1) is 51.3. The molecule has 67 heavy (non-hydrogen) atoms. The Morgan fingerprint density at radius 2 is 0.910 bits per heavy atom. The first-order valence-corrected chi connectivity index (χ1v) is 22.7. The van der Waals surface area contributed by atoms with Gasteiger partial charge in [-0.15, -0.1) is 0 Å². The lowest BCUT2D eigenvalue weighted by Gasteiger charge is -2.40. The molecule has 358 valence electrons. The van der Waals surface area contributed by atoms with Gasteiger partial charge in [0.15, 0.2) is 0 Å². The third-order valence-electron chi connectivity index (χ3n) is 11.4. The van der Waals surface area contributed by atoms with E-state index in [2.05, 4.69) is 27.0 Å². The summed E-state index contributed by atoms with van der Waals surface area (Å²) in [5, 5.41) is 0. The lowest BCUT2D eigenvalue weighted by atomic mass is 9.68. The molecular weight excluding hydrogens is 861 g/mol. The summed E-state index contributed by atoms with van der Waals surface area (Å²) in [6, 6.07) is 27.0. The lowest BCUT2D eigenvalue weighted by Crippen LogP contribution is -2.46. The standard InChI is InChI=1S/C29H36O7.C24H26O7/c1-3-27(30)35-21-20-34-25-12-14-26(15-13-25)36-28(31)23-8-10-24(11-9-23)33-19-6-5-18-32-22-29(4-2)16-7-17-29;1-3-22(25)29-14-13-28-19-9-11-21(12-10-19)31-23(26)18-5-7-20(8-6-18)30-17-24(4-2)15-27-16-24/h3,8-15H,1,4-7,16-22H2,2H3;3,5-12H,1,4,13-17H2,2H3. The van der Waals surface area contributed by atoms with Crippen LogP contribution in [0.3, 0.4) is 0 Å². The minimum atomic E-state index is -0.497. The zero-order valence-corrected chi connectivity index (χ0v) is 38.5. The van der Waals surface area contributed by atoms with Crippen LogP contribution >= 0.6 is 0 Å². The summed E-state index contributed by atoms with van der Waals surface area (Å²) in [4.78, 5) is 46.7. The van der Waals surface area contributed by atoms with Crippen molar-refractivity contribution in [1.29, 1.82) is 0 Å². The lowest BCUT2D eigenvalue weighted by molar-refractivity contribution is -0.139. The van der Waals surface area contributed by atoms with E-state index < -0.39 is 23.9 Å². The van der Waals surface area contributed by atoms with Crippen molar-refractivity contribution in [3.8, 4) is 34.5 Å². The van der Waals surface area contributed by atoms with Gasteiger partial charge in [0, 0.05) is 18.8 Å². The van der Waals surface area contributed by atoms with E-state index in [0.717, 1.165) is 57.8 Å². The number of ether oxygens (including phenoxy) is 10. The SMILES string of the molecule is C=CC(=O)OCCOc1ccc(OC(=O)c2ccc(OCC3(CC)COC3)cc2)cc1.C=CC(=O)OCCOc1ccc(OC(=O)c2ccc(OCCCCOCC3(CC)CCC3)cc2)cc1. The summed E-state index contributed by atoms with van der Waals surface area (Å²) in [5.41, 5.74) is 1.40. The summed E-state index contributed by atoms with van der Waals surface area (Å²) in [5.74, 6) is 1.44. The molecule has 1 aliphatic heterocycles. The van der Waals surface area contributed by atoms with E-state index in [1.807, 2.05) is 0 Å². The molecule has 0 radical (unpaired) electrons. The van der Waals surface area contributed by atoms with E-state index in [1.165, 1.54) is 25.7 Å². The molecule has 0 unspecified atom stereocenters. The van der Waals surface area contributed by atoms with Gasteiger partial charge in [-0.2, -0.15) is 0 Å². The maximum absolute atomic E-state index is 12.4. The van der Waals surface area contributed by atoms with Gasteiger partial charge < -0.3 is 47.4 Å². The van der Waals surface area contributed by atoms with Crippen LogP contribution in [0.4, 0.5) is 0 Å². The Hall–Kier alpha value is -6.64. The van der Waals surface area contributed by atoms with Crippen LogP contribution in [0.25, 0.3) is 0 Å². The van der Waals surface area contributed by atoms with Gasteiger partial charge in [0.05, 0.1) is 49.6 Å². The number of benzene rings is 4. The monoisotopic (exact) mass is 922 g/mol. The van der Waals surface area contributed by atoms with E-state index in [-0.39, 0.29) is 31.8 Å². The topological polar surface area (TPSA) is 161 Å². The number of hydrogen-bond donors (Lipinski definition) is 0. The number of unbranched alkanes of at least 4 members (excludes halogenated alkanes) is 1. The summed E-state index contributed by atoms with van der Waals surface area (Å²) in [6.07, 6.45) is 10.2. The molecule has 0 atom stereocenters. The minimum Gasteiger partial charge on any atom is -0.494 e.